The lowest BCUT2D eigenvalue weighted by molar-refractivity contribution is 0.0232. The number of rotatable bonds is 10. The molecular weight excluding hydrogens is 519 g/mol. The Balaban J connectivity index is 0.00000512. The fourth-order valence-corrected chi connectivity index (χ4v) is 2.89. The molecule has 8 nitrogen and oxygen atoms in total. The number of amides is 1. The van der Waals surface area contributed by atoms with Gasteiger partial charge < -0.3 is 24.8 Å². The third kappa shape index (κ3) is 11.4. The number of nitrogens with zero attached hydrogens (tertiary/aromatic N) is 4. The number of hydrogen-bond donors (Lipinski definition) is 2. The van der Waals surface area contributed by atoms with Gasteiger partial charge in [-0.25, -0.2) is 4.79 Å². The molecule has 2 heterocycles. The molecule has 0 aliphatic rings. The second-order valence-corrected chi connectivity index (χ2v) is 8.23. The van der Waals surface area contributed by atoms with Crippen LogP contribution in [0.2, 0.25) is 0 Å². The van der Waals surface area contributed by atoms with E-state index in [0.29, 0.717) is 19.6 Å². The molecule has 9 heteroatoms. The van der Waals surface area contributed by atoms with Crippen LogP contribution in [0.1, 0.15) is 39.7 Å². The highest BCUT2D eigenvalue weighted by Crippen LogP contribution is 2.13. The fourth-order valence-electron chi connectivity index (χ4n) is 2.89. The largest absolute Gasteiger partial charge is 0.444 e. The maximum Gasteiger partial charge on any atom is 0.410 e. The minimum Gasteiger partial charge on any atom is -0.444 e. The van der Waals surface area contributed by atoms with Crippen molar-refractivity contribution >= 4 is 36.0 Å². The number of halogens is 1. The molecule has 0 aliphatic heterocycles. The molecule has 2 N–H and O–H groups in total. The number of aromatic nitrogens is 2. The van der Waals surface area contributed by atoms with Crippen LogP contribution >= 0.6 is 24.0 Å². The zero-order chi connectivity index (χ0) is 22.5. The Bertz CT molecular complexity index is 791. The van der Waals surface area contributed by atoms with Crippen molar-refractivity contribution in [3.63, 3.8) is 0 Å². The van der Waals surface area contributed by atoms with Gasteiger partial charge in [0.25, 0.3) is 0 Å². The molecule has 0 atom stereocenters. The number of nitrogens with one attached hydrogen (secondary N) is 2. The maximum atomic E-state index is 12.7. The van der Waals surface area contributed by atoms with Crippen LogP contribution in [0, 0.1) is 0 Å². The van der Waals surface area contributed by atoms with Crippen LogP contribution < -0.4 is 10.6 Å². The molecule has 0 saturated carbocycles. The van der Waals surface area contributed by atoms with Crippen molar-refractivity contribution in [1.82, 2.24) is 25.1 Å². The van der Waals surface area contributed by atoms with E-state index in [1.807, 2.05) is 64.4 Å². The predicted molar refractivity (Wildman–Crippen MR) is 139 cm³/mol. The first-order valence-corrected chi connectivity index (χ1v) is 10.9. The van der Waals surface area contributed by atoms with Crippen LogP contribution in [0.15, 0.2) is 54.0 Å². The highest BCUT2D eigenvalue weighted by molar-refractivity contribution is 14.0. The zero-order valence-corrected chi connectivity index (χ0v) is 21.9. The van der Waals surface area contributed by atoms with E-state index in [-0.39, 0.29) is 30.1 Å². The van der Waals surface area contributed by atoms with Crippen molar-refractivity contribution in [2.45, 2.75) is 52.8 Å². The molecule has 0 aliphatic carbocycles. The normalized spacial score (nSPS) is 11.4. The average Bonchev–Trinajstić information content (AvgIpc) is 3.23. The summed E-state index contributed by atoms with van der Waals surface area (Å²) in [6.07, 6.45) is 7.98. The van der Waals surface area contributed by atoms with Gasteiger partial charge in [0.1, 0.15) is 5.60 Å². The molecule has 0 saturated heterocycles. The summed E-state index contributed by atoms with van der Waals surface area (Å²) in [5, 5.41) is 6.61. The number of ether oxygens (including phenoxy) is 1. The van der Waals surface area contributed by atoms with E-state index in [4.69, 9.17) is 4.74 Å². The first kappa shape index (κ1) is 27.7. The van der Waals surface area contributed by atoms with Crippen molar-refractivity contribution in [2.24, 2.45) is 4.99 Å². The molecule has 32 heavy (non-hydrogen) atoms. The van der Waals surface area contributed by atoms with Gasteiger partial charge in [0, 0.05) is 57.5 Å². The summed E-state index contributed by atoms with van der Waals surface area (Å²) in [6.45, 7) is 11.7. The van der Waals surface area contributed by atoms with Crippen LogP contribution in [0.3, 0.4) is 0 Å². The molecule has 0 radical (unpaired) electrons. The van der Waals surface area contributed by atoms with Crippen LogP contribution in [0.25, 0.3) is 0 Å². The number of carbonyl (C=O) groups is 1. The summed E-state index contributed by atoms with van der Waals surface area (Å²) in [5.74, 6) is 0.783. The Labute approximate surface area is 208 Å². The smallest absolute Gasteiger partial charge is 0.410 e. The fraction of sp³-hybridized carbons (Fsp3) is 0.522. The molecule has 178 valence electrons. The molecule has 0 fully saturated rings. The second kappa shape index (κ2) is 14.7. The minimum absolute atomic E-state index is 0. The summed E-state index contributed by atoms with van der Waals surface area (Å²) in [4.78, 5) is 23.2. The Hall–Kier alpha value is -2.30. The minimum atomic E-state index is -0.537. The van der Waals surface area contributed by atoms with Gasteiger partial charge in [0.15, 0.2) is 5.96 Å². The Morgan fingerprint density at radius 1 is 1.22 bits per heavy atom. The number of hydrogen-bond acceptors (Lipinski definition) is 4. The average molecular weight is 556 g/mol. The monoisotopic (exact) mass is 556 g/mol. The van der Waals surface area contributed by atoms with Crippen LogP contribution in [0.5, 0.6) is 0 Å². The summed E-state index contributed by atoms with van der Waals surface area (Å²) < 4.78 is 7.70. The van der Waals surface area contributed by atoms with E-state index in [2.05, 4.69) is 25.2 Å². The molecule has 2 aromatic rings. The number of guanidine groups is 1. The quantitative estimate of drug-likeness (QED) is 0.201. The molecule has 2 aromatic heterocycles. The molecule has 0 spiro atoms. The first-order chi connectivity index (χ1) is 14.9. The van der Waals surface area contributed by atoms with Gasteiger partial charge >= 0.3 is 6.09 Å². The number of aliphatic imine (C=N–C) groups is 1. The highest BCUT2D eigenvalue weighted by atomic mass is 127. The maximum absolute atomic E-state index is 12.7. The standard InChI is InChI=1S/C23H36N6O2.HI/c1-5-25-21(27-13-17-28-14-6-7-15-28)26-12-9-16-29(22(30)31-23(2,3)4)19-20-10-8-11-24-18-20;/h6-8,10-11,14-15,18H,5,9,12-13,16-17,19H2,1-4H3,(H2,25,26,27);1H. The van der Waals surface area contributed by atoms with Crippen LogP contribution in [-0.2, 0) is 17.8 Å². The molecule has 0 bridgehead atoms. The van der Waals surface area contributed by atoms with E-state index >= 15 is 0 Å². The lowest BCUT2D eigenvalue weighted by atomic mass is 10.2. The third-order valence-corrected chi connectivity index (χ3v) is 4.28. The Kier molecular flexibility index (Phi) is 12.7. The molecular formula is C23H37IN6O2. The van der Waals surface area contributed by atoms with Gasteiger partial charge in [-0.05, 0) is 57.9 Å². The van der Waals surface area contributed by atoms with E-state index in [0.717, 1.165) is 37.6 Å². The SMILES string of the molecule is CCNC(=NCCCN(Cc1cccnc1)C(=O)OC(C)(C)C)NCCn1cccc1.I. The van der Waals surface area contributed by atoms with Gasteiger partial charge in [-0.15, -0.1) is 24.0 Å². The van der Waals surface area contributed by atoms with Gasteiger partial charge in [-0.1, -0.05) is 6.07 Å². The van der Waals surface area contributed by atoms with Gasteiger partial charge in [-0.2, -0.15) is 0 Å². The molecule has 2 rings (SSSR count). The first-order valence-electron chi connectivity index (χ1n) is 10.9. The van der Waals surface area contributed by atoms with Crippen molar-refractivity contribution in [2.75, 3.05) is 26.2 Å². The van der Waals surface area contributed by atoms with Crippen molar-refractivity contribution in [3.05, 3.63) is 54.6 Å². The van der Waals surface area contributed by atoms with Gasteiger partial charge in [0.05, 0.1) is 6.54 Å². The summed E-state index contributed by atoms with van der Waals surface area (Å²) in [7, 11) is 0. The van der Waals surface area contributed by atoms with Gasteiger partial charge in [0.2, 0.25) is 0 Å². The van der Waals surface area contributed by atoms with E-state index in [1.54, 1.807) is 17.3 Å². The Morgan fingerprint density at radius 3 is 2.59 bits per heavy atom. The van der Waals surface area contributed by atoms with Crippen molar-refractivity contribution < 1.29 is 9.53 Å². The predicted octanol–water partition coefficient (Wildman–Crippen LogP) is 3.88. The molecule has 0 unspecified atom stereocenters. The van der Waals surface area contributed by atoms with E-state index in [9.17, 15) is 4.79 Å². The second-order valence-electron chi connectivity index (χ2n) is 8.23. The third-order valence-electron chi connectivity index (χ3n) is 4.28. The number of carbonyl (C=O) groups excluding carboxylic acids is 1. The van der Waals surface area contributed by atoms with Crippen molar-refractivity contribution in [1.29, 1.82) is 0 Å². The topological polar surface area (TPSA) is 83.8 Å². The van der Waals surface area contributed by atoms with Gasteiger partial charge in [-0.3, -0.25) is 9.98 Å². The summed E-state index contributed by atoms with van der Waals surface area (Å²) >= 11 is 0. The van der Waals surface area contributed by atoms with Crippen LogP contribution in [-0.4, -0.2) is 58.3 Å². The molecule has 1 amide bonds. The number of pyridine rings is 1. The van der Waals surface area contributed by atoms with E-state index in [1.165, 1.54) is 0 Å². The zero-order valence-electron chi connectivity index (χ0n) is 19.6. The van der Waals surface area contributed by atoms with Crippen molar-refractivity contribution in [3.8, 4) is 0 Å². The van der Waals surface area contributed by atoms with Crippen LogP contribution in [0.4, 0.5) is 4.79 Å². The lowest BCUT2D eigenvalue weighted by Gasteiger charge is -2.27. The summed E-state index contributed by atoms with van der Waals surface area (Å²) in [5.41, 5.74) is 0.432. The van der Waals surface area contributed by atoms with E-state index < -0.39 is 5.60 Å². The summed E-state index contributed by atoms with van der Waals surface area (Å²) in [6, 6.07) is 7.86. The Morgan fingerprint density at radius 2 is 1.97 bits per heavy atom. The highest BCUT2D eigenvalue weighted by Gasteiger charge is 2.22. The molecule has 0 aromatic carbocycles. The lowest BCUT2D eigenvalue weighted by Crippen LogP contribution is -2.39.